The number of ether oxygens (including phenoxy) is 1. The zero-order valence-electron chi connectivity index (χ0n) is 17.6. The summed E-state index contributed by atoms with van der Waals surface area (Å²) in [5, 5.41) is 8.39. The van der Waals surface area contributed by atoms with Gasteiger partial charge in [-0.1, -0.05) is 0 Å². The van der Waals surface area contributed by atoms with E-state index in [4.69, 9.17) is 4.74 Å². The molecule has 31 heavy (non-hydrogen) atoms. The summed E-state index contributed by atoms with van der Waals surface area (Å²) in [5.74, 6) is 0.638. The first-order chi connectivity index (χ1) is 15.1. The molecular weight excluding hydrogens is 392 g/mol. The Kier molecular flexibility index (Phi) is 4.91. The molecule has 0 bridgehead atoms. The van der Waals surface area contributed by atoms with Gasteiger partial charge in [-0.3, -0.25) is 9.48 Å². The lowest BCUT2D eigenvalue weighted by Gasteiger charge is -2.28. The fourth-order valence-electron chi connectivity index (χ4n) is 3.95. The minimum Gasteiger partial charge on any atom is -0.378 e. The summed E-state index contributed by atoms with van der Waals surface area (Å²) in [5.41, 5.74) is 4.77. The number of hydrogen-bond donors (Lipinski definition) is 2. The van der Waals surface area contributed by atoms with Crippen LogP contribution in [0.4, 0.5) is 17.2 Å². The number of carbonyl (C=O) groups is 1. The number of aromatic amines is 1. The van der Waals surface area contributed by atoms with Crippen LogP contribution >= 0.6 is 0 Å². The third-order valence-electron chi connectivity index (χ3n) is 5.53. The van der Waals surface area contributed by atoms with Crippen molar-refractivity contribution in [1.29, 1.82) is 0 Å². The van der Waals surface area contributed by atoms with Crippen LogP contribution in [0, 0.1) is 6.92 Å². The molecule has 5 rings (SSSR count). The summed E-state index contributed by atoms with van der Waals surface area (Å²) in [6.45, 7) is 5.24. The number of carbonyl (C=O) groups excluding carboxylic acids is 1. The summed E-state index contributed by atoms with van der Waals surface area (Å²) >= 11 is 0. The van der Waals surface area contributed by atoms with Crippen molar-refractivity contribution in [1.82, 2.24) is 19.7 Å². The minimum atomic E-state index is -0.0736. The van der Waals surface area contributed by atoms with Crippen molar-refractivity contribution in [3.63, 3.8) is 0 Å². The van der Waals surface area contributed by atoms with Crippen LogP contribution in [-0.4, -0.2) is 51.8 Å². The standard InChI is InChI=1S/C23H24N6O2/c1-15-13-20(28(2)27-15)22(30)19-14-24-23-18(19)7-8-21(26-23)25-16-3-5-17(6-4-16)29-9-11-31-12-10-29/h3-8,13-14H,9-12H2,1-2H3,(H2,24,25,26). The SMILES string of the molecule is Cc1cc(C(=O)c2c[nH]c3nc(Nc4ccc(N5CCOCC5)cc4)ccc23)n(C)n1. The highest BCUT2D eigenvalue weighted by Crippen LogP contribution is 2.25. The van der Waals surface area contributed by atoms with E-state index in [1.54, 1.807) is 24.0 Å². The zero-order chi connectivity index (χ0) is 21.4. The number of aryl methyl sites for hydroxylation is 2. The van der Waals surface area contributed by atoms with Gasteiger partial charge in [0, 0.05) is 43.1 Å². The second-order valence-corrected chi connectivity index (χ2v) is 7.69. The Balaban J connectivity index is 1.35. The average molecular weight is 416 g/mol. The first-order valence-electron chi connectivity index (χ1n) is 10.3. The summed E-state index contributed by atoms with van der Waals surface area (Å²) in [4.78, 5) is 23.0. The molecule has 2 N–H and O–H groups in total. The number of benzene rings is 1. The van der Waals surface area contributed by atoms with E-state index >= 15 is 0 Å². The molecule has 0 amide bonds. The van der Waals surface area contributed by atoms with E-state index in [2.05, 4.69) is 37.4 Å². The van der Waals surface area contributed by atoms with E-state index in [0.29, 0.717) is 22.7 Å². The summed E-state index contributed by atoms with van der Waals surface area (Å²) < 4.78 is 7.03. The first-order valence-corrected chi connectivity index (χ1v) is 10.3. The van der Waals surface area contributed by atoms with Gasteiger partial charge in [0.2, 0.25) is 5.78 Å². The lowest BCUT2D eigenvalue weighted by Crippen LogP contribution is -2.36. The highest BCUT2D eigenvalue weighted by atomic mass is 16.5. The number of aromatic nitrogens is 4. The van der Waals surface area contributed by atoms with Gasteiger partial charge in [-0.05, 0) is 49.4 Å². The number of nitrogens with zero attached hydrogens (tertiary/aromatic N) is 4. The van der Waals surface area contributed by atoms with Crippen molar-refractivity contribution in [2.45, 2.75) is 6.92 Å². The number of pyridine rings is 1. The molecule has 8 nitrogen and oxygen atoms in total. The molecule has 8 heteroatoms. The largest absolute Gasteiger partial charge is 0.378 e. The summed E-state index contributed by atoms with van der Waals surface area (Å²) in [6, 6.07) is 13.9. The second-order valence-electron chi connectivity index (χ2n) is 7.69. The molecule has 1 fully saturated rings. The van der Waals surface area contributed by atoms with Gasteiger partial charge in [0.15, 0.2) is 0 Å². The van der Waals surface area contributed by atoms with E-state index in [9.17, 15) is 4.79 Å². The monoisotopic (exact) mass is 416 g/mol. The van der Waals surface area contributed by atoms with Crippen LogP contribution < -0.4 is 10.2 Å². The number of anilines is 3. The smallest absolute Gasteiger partial charge is 0.213 e. The third kappa shape index (κ3) is 3.77. The number of H-pyrrole nitrogens is 1. The number of ketones is 1. The van der Waals surface area contributed by atoms with Crippen molar-refractivity contribution in [3.05, 3.63) is 65.6 Å². The third-order valence-corrected chi connectivity index (χ3v) is 5.53. The Morgan fingerprint density at radius 2 is 1.90 bits per heavy atom. The van der Waals surface area contributed by atoms with Gasteiger partial charge in [-0.2, -0.15) is 5.10 Å². The Morgan fingerprint density at radius 1 is 1.13 bits per heavy atom. The van der Waals surface area contributed by atoms with Crippen molar-refractivity contribution in [3.8, 4) is 0 Å². The molecule has 1 aromatic carbocycles. The second kappa shape index (κ2) is 7.88. The van der Waals surface area contributed by atoms with Crippen molar-refractivity contribution >= 4 is 34.0 Å². The van der Waals surface area contributed by atoms with Crippen LogP contribution in [0.3, 0.4) is 0 Å². The van der Waals surface area contributed by atoms with Crippen molar-refractivity contribution in [2.24, 2.45) is 7.05 Å². The van der Waals surface area contributed by atoms with Crippen molar-refractivity contribution in [2.75, 3.05) is 36.5 Å². The molecule has 0 radical (unpaired) electrons. The molecule has 0 atom stereocenters. The number of nitrogens with one attached hydrogen (secondary N) is 2. The maximum atomic E-state index is 13.0. The molecular formula is C23H24N6O2. The van der Waals surface area contributed by atoms with Crippen LogP contribution in [0.1, 0.15) is 21.7 Å². The van der Waals surface area contributed by atoms with E-state index in [1.165, 1.54) is 5.69 Å². The highest BCUT2D eigenvalue weighted by molar-refractivity contribution is 6.15. The highest BCUT2D eigenvalue weighted by Gasteiger charge is 2.19. The summed E-state index contributed by atoms with van der Waals surface area (Å²) in [6.07, 6.45) is 1.71. The van der Waals surface area contributed by atoms with E-state index < -0.39 is 0 Å². The predicted octanol–water partition coefficient (Wildman–Crippen LogP) is 3.42. The zero-order valence-corrected chi connectivity index (χ0v) is 17.6. The Hall–Kier alpha value is -3.65. The van der Waals surface area contributed by atoms with Gasteiger partial charge in [0.25, 0.3) is 0 Å². The van der Waals surface area contributed by atoms with Crippen LogP contribution in [-0.2, 0) is 11.8 Å². The maximum Gasteiger partial charge on any atom is 0.213 e. The fourth-order valence-corrected chi connectivity index (χ4v) is 3.95. The average Bonchev–Trinajstić information content (AvgIpc) is 3.36. The van der Waals surface area contributed by atoms with Gasteiger partial charge in [0.05, 0.1) is 24.5 Å². The molecule has 0 saturated carbocycles. The quantitative estimate of drug-likeness (QED) is 0.485. The number of fused-ring (bicyclic) bond motifs is 1. The predicted molar refractivity (Wildman–Crippen MR) is 120 cm³/mol. The molecule has 4 heterocycles. The molecule has 3 aromatic heterocycles. The van der Waals surface area contributed by atoms with Gasteiger partial charge in [-0.25, -0.2) is 4.98 Å². The molecule has 0 spiro atoms. The van der Waals surface area contributed by atoms with Crippen LogP contribution in [0.5, 0.6) is 0 Å². The fraction of sp³-hybridized carbons (Fsp3) is 0.261. The van der Waals surface area contributed by atoms with E-state index in [-0.39, 0.29) is 5.78 Å². The van der Waals surface area contributed by atoms with E-state index in [1.807, 2.05) is 31.2 Å². The normalized spacial score (nSPS) is 14.2. The maximum absolute atomic E-state index is 13.0. The Morgan fingerprint density at radius 3 is 2.61 bits per heavy atom. The van der Waals surface area contributed by atoms with Crippen LogP contribution in [0.2, 0.25) is 0 Å². The number of hydrogen-bond acceptors (Lipinski definition) is 6. The molecule has 1 aliphatic heterocycles. The van der Waals surface area contributed by atoms with Gasteiger partial charge in [-0.15, -0.1) is 0 Å². The Labute approximate surface area is 179 Å². The molecule has 4 aromatic rings. The van der Waals surface area contributed by atoms with Gasteiger partial charge in [0.1, 0.15) is 17.2 Å². The molecule has 0 unspecified atom stereocenters. The molecule has 1 aliphatic rings. The van der Waals surface area contributed by atoms with Gasteiger partial charge < -0.3 is 19.9 Å². The molecule has 158 valence electrons. The number of morpholine rings is 1. The van der Waals surface area contributed by atoms with Crippen LogP contribution in [0.15, 0.2) is 48.7 Å². The summed E-state index contributed by atoms with van der Waals surface area (Å²) in [7, 11) is 1.78. The van der Waals surface area contributed by atoms with Crippen molar-refractivity contribution < 1.29 is 9.53 Å². The minimum absolute atomic E-state index is 0.0736. The molecule has 0 aliphatic carbocycles. The number of rotatable bonds is 5. The lowest BCUT2D eigenvalue weighted by atomic mass is 10.1. The first kappa shape index (κ1) is 19.3. The lowest BCUT2D eigenvalue weighted by molar-refractivity contribution is 0.103. The molecule has 1 saturated heterocycles. The topological polar surface area (TPSA) is 88.1 Å². The Bertz CT molecular complexity index is 1230. The van der Waals surface area contributed by atoms with Crippen LogP contribution in [0.25, 0.3) is 11.0 Å². The van der Waals surface area contributed by atoms with E-state index in [0.717, 1.165) is 43.1 Å². The van der Waals surface area contributed by atoms with Gasteiger partial charge >= 0.3 is 0 Å².